The highest BCUT2D eigenvalue weighted by Gasteiger charge is 2.29. The topological polar surface area (TPSA) is 111 Å². The predicted molar refractivity (Wildman–Crippen MR) is 99.0 cm³/mol. The molecule has 0 saturated heterocycles. The van der Waals surface area contributed by atoms with E-state index in [-0.39, 0.29) is 30.4 Å². The maximum atomic E-state index is 12.2. The highest BCUT2D eigenvalue weighted by Crippen LogP contribution is 2.22. The molecule has 0 radical (unpaired) electrons. The van der Waals surface area contributed by atoms with Gasteiger partial charge in [0.05, 0.1) is 24.1 Å². The predicted octanol–water partition coefficient (Wildman–Crippen LogP) is 2.94. The van der Waals surface area contributed by atoms with E-state index in [4.69, 9.17) is 4.74 Å². The Bertz CT molecular complexity index is 656. The summed E-state index contributed by atoms with van der Waals surface area (Å²) in [5.74, 6) is -0.543. The molecule has 0 aliphatic carbocycles. The van der Waals surface area contributed by atoms with Crippen LogP contribution in [0.15, 0.2) is 18.2 Å². The lowest BCUT2D eigenvalue weighted by molar-refractivity contribution is -0.384. The second-order valence-corrected chi connectivity index (χ2v) is 6.22. The Hall–Kier alpha value is -2.48. The molecule has 8 heteroatoms. The van der Waals surface area contributed by atoms with Gasteiger partial charge in [-0.15, -0.1) is 0 Å². The third kappa shape index (κ3) is 6.11. The summed E-state index contributed by atoms with van der Waals surface area (Å²) in [6.07, 6.45) is 1.88. The van der Waals surface area contributed by atoms with Crippen LogP contribution in [0.5, 0.6) is 0 Å². The number of nitro benzene ring substituents is 1. The van der Waals surface area contributed by atoms with E-state index in [2.05, 4.69) is 10.6 Å². The Morgan fingerprint density at radius 3 is 2.46 bits per heavy atom. The number of amides is 1. The molecule has 0 bridgehead atoms. The zero-order valence-electron chi connectivity index (χ0n) is 15.8. The number of benzene rings is 1. The molecule has 1 amide bonds. The van der Waals surface area contributed by atoms with E-state index in [9.17, 15) is 19.7 Å². The summed E-state index contributed by atoms with van der Waals surface area (Å²) >= 11 is 0. The summed E-state index contributed by atoms with van der Waals surface area (Å²) in [5.41, 5.74) is 0.697. The van der Waals surface area contributed by atoms with Crippen LogP contribution in [0.4, 0.5) is 11.4 Å². The first kappa shape index (κ1) is 21.6. The first-order chi connectivity index (χ1) is 12.3. The fourth-order valence-corrected chi connectivity index (χ4v) is 2.67. The first-order valence-corrected chi connectivity index (χ1v) is 8.63. The van der Waals surface area contributed by atoms with Crippen molar-refractivity contribution in [3.63, 3.8) is 0 Å². The van der Waals surface area contributed by atoms with Crippen LogP contribution >= 0.6 is 0 Å². The van der Waals surface area contributed by atoms with Crippen molar-refractivity contribution in [3.8, 4) is 0 Å². The van der Waals surface area contributed by atoms with Crippen LogP contribution in [0.2, 0.25) is 0 Å². The number of non-ortho nitro benzene ring substituents is 1. The lowest BCUT2D eigenvalue weighted by atomic mass is 9.89. The first-order valence-electron chi connectivity index (χ1n) is 8.63. The molecular weight excluding hydrogens is 338 g/mol. The molecule has 0 aliphatic rings. The second-order valence-electron chi connectivity index (χ2n) is 6.22. The van der Waals surface area contributed by atoms with Crippen molar-refractivity contribution in [2.75, 3.05) is 19.0 Å². The monoisotopic (exact) mass is 365 g/mol. The van der Waals surface area contributed by atoms with Gasteiger partial charge in [0, 0.05) is 30.6 Å². The van der Waals surface area contributed by atoms with Gasteiger partial charge in [-0.1, -0.05) is 19.9 Å². The van der Waals surface area contributed by atoms with E-state index in [1.165, 1.54) is 19.2 Å². The van der Waals surface area contributed by atoms with E-state index >= 15 is 0 Å². The SMILES string of the molecule is CCC(CC)(CC(=O)OC)NCCC(=O)Nc1cc([N+](=O)[O-])ccc1C. The zero-order valence-corrected chi connectivity index (χ0v) is 15.8. The zero-order chi connectivity index (χ0) is 19.7. The molecule has 0 aromatic heterocycles. The van der Waals surface area contributed by atoms with Gasteiger partial charge in [0.15, 0.2) is 0 Å². The molecule has 0 saturated carbocycles. The van der Waals surface area contributed by atoms with Gasteiger partial charge in [0.1, 0.15) is 0 Å². The van der Waals surface area contributed by atoms with Crippen LogP contribution < -0.4 is 10.6 Å². The summed E-state index contributed by atoms with van der Waals surface area (Å²) in [6.45, 7) is 6.11. The Balaban J connectivity index is 2.65. The number of nitrogens with one attached hydrogen (secondary N) is 2. The van der Waals surface area contributed by atoms with Crippen LogP contribution in [0, 0.1) is 17.0 Å². The molecule has 0 fully saturated rings. The Kier molecular flexibility index (Phi) is 8.18. The molecule has 0 heterocycles. The van der Waals surface area contributed by atoms with Crippen LogP contribution in [-0.2, 0) is 14.3 Å². The lowest BCUT2D eigenvalue weighted by Crippen LogP contribution is -2.47. The number of carbonyl (C=O) groups is 2. The van der Waals surface area contributed by atoms with Crippen molar-refractivity contribution in [1.29, 1.82) is 0 Å². The average Bonchev–Trinajstić information content (AvgIpc) is 2.62. The van der Waals surface area contributed by atoms with Crippen molar-refractivity contribution in [3.05, 3.63) is 33.9 Å². The third-order valence-corrected chi connectivity index (χ3v) is 4.62. The van der Waals surface area contributed by atoms with E-state index in [1.54, 1.807) is 13.0 Å². The number of carbonyl (C=O) groups excluding carboxylic acids is 2. The molecule has 8 nitrogen and oxygen atoms in total. The van der Waals surface area contributed by atoms with Crippen molar-refractivity contribution in [1.82, 2.24) is 5.32 Å². The smallest absolute Gasteiger partial charge is 0.307 e. The van der Waals surface area contributed by atoms with Crippen LogP contribution in [0.25, 0.3) is 0 Å². The van der Waals surface area contributed by atoms with Crippen molar-refractivity contribution < 1.29 is 19.2 Å². The number of hydrogen-bond acceptors (Lipinski definition) is 6. The maximum absolute atomic E-state index is 12.2. The highest BCUT2D eigenvalue weighted by atomic mass is 16.6. The summed E-state index contributed by atoms with van der Waals surface area (Å²) in [6, 6.07) is 4.35. The number of nitro groups is 1. The van der Waals surface area contributed by atoms with Crippen molar-refractivity contribution in [2.24, 2.45) is 0 Å². The third-order valence-electron chi connectivity index (χ3n) is 4.62. The number of rotatable bonds is 10. The van der Waals surface area contributed by atoms with E-state index in [1.807, 2.05) is 13.8 Å². The summed E-state index contributed by atoms with van der Waals surface area (Å²) in [5, 5.41) is 16.9. The van der Waals surface area contributed by atoms with Gasteiger partial charge in [-0.05, 0) is 25.3 Å². The van der Waals surface area contributed by atoms with Crippen LogP contribution in [-0.4, -0.2) is 36.0 Å². The van der Waals surface area contributed by atoms with Crippen LogP contribution in [0.1, 0.15) is 45.1 Å². The van der Waals surface area contributed by atoms with Gasteiger partial charge in [-0.2, -0.15) is 0 Å². The fraction of sp³-hybridized carbons (Fsp3) is 0.556. The van der Waals surface area contributed by atoms with Crippen molar-refractivity contribution >= 4 is 23.3 Å². The molecule has 2 N–H and O–H groups in total. The molecule has 0 atom stereocenters. The normalized spacial score (nSPS) is 11.1. The van der Waals surface area contributed by atoms with Gasteiger partial charge < -0.3 is 15.4 Å². The number of ether oxygens (including phenoxy) is 1. The number of aryl methyl sites for hydroxylation is 1. The van der Waals surface area contributed by atoms with Gasteiger partial charge >= 0.3 is 5.97 Å². The largest absolute Gasteiger partial charge is 0.469 e. The van der Waals surface area contributed by atoms with E-state index in [0.29, 0.717) is 12.2 Å². The minimum Gasteiger partial charge on any atom is -0.469 e. The number of nitrogens with zero attached hydrogens (tertiary/aromatic N) is 1. The minimum absolute atomic E-state index is 0.0712. The number of hydrogen-bond donors (Lipinski definition) is 2. The molecule has 144 valence electrons. The molecule has 0 aliphatic heterocycles. The standard InChI is InChI=1S/C18H27N3O5/c1-5-18(6-2,12-17(23)26-4)19-10-9-16(22)20-15-11-14(21(24)25)8-7-13(15)3/h7-8,11,19H,5-6,9-10,12H2,1-4H3,(H,20,22). The van der Waals surface area contributed by atoms with E-state index in [0.717, 1.165) is 18.4 Å². The second kappa shape index (κ2) is 9.86. The molecule has 1 rings (SSSR count). The number of esters is 1. The van der Waals surface area contributed by atoms with Gasteiger partial charge in [0.2, 0.25) is 5.91 Å². The molecule has 0 unspecified atom stereocenters. The molecular formula is C18H27N3O5. The van der Waals surface area contributed by atoms with Gasteiger partial charge in [-0.3, -0.25) is 19.7 Å². The lowest BCUT2D eigenvalue weighted by Gasteiger charge is -2.32. The average molecular weight is 365 g/mol. The van der Waals surface area contributed by atoms with E-state index < -0.39 is 10.5 Å². The van der Waals surface area contributed by atoms with Gasteiger partial charge in [-0.25, -0.2) is 0 Å². The molecule has 1 aromatic carbocycles. The van der Waals surface area contributed by atoms with Crippen LogP contribution in [0.3, 0.4) is 0 Å². The summed E-state index contributed by atoms with van der Waals surface area (Å²) in [4.78, 5) is 34.1. The van der Waals surface area contributed by atoms with Crippen molar-refractivity contribution in [2.45, 2.75) is 52.0 Å². The highest BCUT2D eigenvalue weighted by molar-refractivity contribution is 5.92. The summed E-state index contributed by atoms with van der Waals surface area (Å²) < 4.78 is 4.75. The number of methoxy groups -OCH3 is 1. The Morgan fingerprint density at radius 1 is 1.27 bits per heavy atom. The molecule has 1 aromatic rings. The Labute approximate surface area is 153 Å². The number of anilines is 1. The quantitative estimate of drug-likeness (QED) is 0.375. The minimum atomic E-state index is -0.500. The fourth-order valence-electron chi connectivity index (χ4n) is 2.67. The Morgan fingerprint density at radius 2 is 1.92 bits per heavy atom. The molecule has 0 spiro atoms. The maximum Gasteiger partial charge on any atom is 0.307 e. The van der Waals surface area contributed by atoms with Gasteiger partial charge in [0.25, 0.3) is 5.69 Å². The summed E-state index contributed by atoms with van der Waals surface area (Å²) in [7, 11) is 1.35. The molecule has 26 heavy (non-hydrogen) atoms.